The van der Waals surface area contributed by atoms with Crippen LogP contribution < -0.4 is 15.8 Å². The van der Waals surface area contributed by atoms with Gasteiger partial charge in [-0.3, -0.25) is 9.59 Å². The molecule has 2 heterocycles. The number of fused-ring (bicyclic) bond motifs is 1. The fraction of sp³-hybridized carbons (Fsp3) is 0.286. The van der Waals surface area contributed by atoms with Crippen LogP contribution in [0.1, 0.15) is 5.69 Å². The normalized spacial score (nSPS) is 14.2. The minimum atomic E-state index is -0.342. The molecule has 1 amide bonds. The van der Waals surface area contributed by atoms with Crippen molar-refractivity contribution in [1.82, 2.24) is 9.78 Å². The first-order valence-electron chi connectivity index (χ1n) is 9.41. The molecular weight excluding hydrogens is 392 g/mol. The minimum Gasteiger partial charge on any atom is -0.378 e. The number of rotatable bonds is 4. The molecule has 0 saturated carbocycles. The van der Waals surface area contributed by atoms with Gasteiger partial charge in [-0.05, 0) is 31.2 Å². The van der Waals surface area contributed by atoms with Gasteiger partial charge in [-0.1, -0.05) is 29.8 Å². The van der Waals surface area contributed by atoms with E-state index in [1.54, 1.807) is 24.3 Å². The van der Waals surface area contributed by atoms with Crippen LogP contribution in [0.15, 0.2) is 47.3 Å². The number of hydrogen-bond acceptors (Lipinski definition) is 5. The van der Waals surface area contributed by atoms with Gasteiger partial charge in [0.25, 0.3) is 5.56 Å². The number of nitrogens with one attached hydrogen (secondary N) is 1. The highest BCUT2D eigenvalue weighted by molar-refractivity contribution is 6.31. The van der Waals surface area contributed by atoms with Gasteiger partial charge in [0.2, 0.25) is 5.91 Å². The van der Waals surface area contributed by atoms with E-state index in [0.717, 1.165) is 24.2 Å². The summed E-state index contributed by atoms with van der Waals surface area (Å²) in [6, 6.07) is 12.6. The van der Waals surface area contributed by atoms with Crippen LogP contribution in [0.25, 0.3) is 10.8 Å². The number of carbonyl (C=O) groups excluding carboxylic acids is 1. The lowest BCUT2D eigenvalue weighted by atomic mass is 10.1. The summed E-state index contributed by atoms with van der Waals surface area (Å²) < 4.78 is 6.60. The van der Waals surface area contributed by atoms with Crippen LogP contribution in [0, 0.1) is 6.92 Å². The van der Waals surface area contributed by atoms with Crippen molar-refractivity contribution in [2.45, 2.75) is 13.5 Å². The molecule has 0 aliphatic carbocycles. The molecule has 1 saturated heterocycles. The highest BCUT2D eigenvalue weighted by Gasteiger charge is 2.17. The van der Waals surface area contributed by atoms with Crippen LogP contribution in [-0.4, -0.2) is 42.0 Å². The molecule has 2 aromatic carbocycles. The first-order chi connectivity index (χ1) is 14.0. The maximum atomic E-state index is 12.7. The molecule has 0 radical (unpaired) electrons. The number of ether oxygens (including phenoxy) is 1. The highest BCUT2D eigenvalue weighted by atomic mass is 35.5. The molecule has 0 bridgehead atoms. The second-order valence-corrected chi connectivity index (χ2v) is 7.34. The van der Waals surface area contributed by atoms with Crippen molar-refractivity contribution in [2.24, 2.45) is 0 Å². The summed E-state index contributed by atoms with van der Waals surface area (Å²) in [6.07, 6.45) is 0. The van der Waals surface area contributed by atoms with Gasteiger partial charge in [-0.25, -0.2) is 4.68 Å². The van der Waals surface area contributed by atoms with Crippen LogP contribution in [0.4, 0.5) is 11.4 Å². The Bertz CT molecular complexity index is 1120. The molecule has 150 valence electrons. The lowest BCUT2D eigenvalue weighted by Gasteiger charge is -2.30. The van der Waals surface area contributed by atoms with Gasteiger partial charge in [-0.15, -0.1) is 0 Å². The summed E-state index contributed by atoms with van der Waals surface area (Å²) in [6.45, 7) is 4.37. The number of amides is 1. The fourth-order valence-electron chi connectivity index (χ4n) is 3.53. The average Bonchev–Trinajstić information content (AvgIpc) is 2.72. The van der Waals surface area contributed by atoms with Crippen molar-refractivity contribution in [1.29, 1.82) is 0 Å². The van der Waals surface area contributed by atoms with Crippen molar-refractivity contribution < 1.29 is 9.53 Å². The number of hydrogen-bond donors (Lipinski definition) is 1. The van der Waals surface area contributed by atoms with Gasteiger partial charge in [0, 0.05) is 23.5 Å². The number of aromatic nitrogens is 2. The van der Waals surface area contributed by atoms with E-state index in [4.69, 9.17) is 16.3 Å². The Hall–Kier alpha value is -2.90. The number of carbonyl (C=O) groups is 1. The zero-order valence-corrected chi connectivity index (χ0v) is 16.8. The van der Waals surface area contributed by atoms with E-state index in [0.29, 0.717) is 35.0 Å². The molecule has 1 aliphatic heterocycles. The third-order valence-electron chi connectivity index (χ3n) is 4.93. The third kappa shape index (κ3) is 4.11. The first kappa shape index (κ1) is 19.4. The molecule has 3 aromatic rings. The molecule has 7 nitrogen and oxygen atoms in total. The molecule has 1 aliphatic rings. The lowest BCUT2D eigenvalue weighted by Crippen LogP contribution is -2.37. The SMILES string of the molecule is Cc1nn(CC(=O)Nc2cc(Cl)ccc2N2CCOCC2)c(=O)c2ccccc12. The van der Waals surface area contributed by atoms with Gasteiger partial charge in [0.1, 0.15) is 6.54 Å². The Balaban J connectivity index is 1.59. The zero-order chi connectivity index (χ0) is 20.4. The Kier molecular flexibility index (Phi) is 5.51. The Morgan fingerprint density at radius 2 is 1.90 bits per heavy atom. The van der Waals surface area contributed by atoms with Crippen molar-refractivity contribution in [3.63, 3.8) is 0 Å². The predicted molar refractivity (Wildman–Crippen MR) is 114 cm³/mol. The van der Waals surface area contributed by atoms with E-state index in [-0.39, 0.29) is 18.0 Å². The van der Waals surface area contributed by atoms with E-state index < -0.39 is 0 Å². The quantitative estimate of drug-likeness (QED) is 0.713. The molecule has 1 fully saturated rings. The van der Waals surface area contributed by atoms with E-state index >= 15 is 0 Å². The van der Waals surface area contributed by atoms with Crippen LogP contribution >= 0.6 is 11.6 Å². The Morgan fingerprint density at radius 3 is 2.66 bits per heavy atom. The van der Waals surface area contributed by atoms with E-state index in [9.17, 15) is 9.59 Å². The molecule has 0 atom stereocenters. The number of nitrogens with zero attached hydrogens (tertiary/aromatic N) is 3. The molecule has 1 aromatic heterocycles. The maximum absolute atomic E-state index is 12.7. The molecule has 0 spiro atoms. The molecule has 29 heavy (non-hydrogen) atoms. The third-order valence-corrected chi connectivity index (χ3v) is 5.17. The Labute approximate surface area is 172 Å². The van der Waals surface area contributed by atoms with Crippen LogP contribution in [0.5, 0.6) is 0 Å². The molecule has 0 unspecified atom stereocenters. The summed E-state index contributed by atoms with van der Waals surface area (Å²) in [7, 11) is 0. The highest BCUT2D eigenvalue weighted by Crippen LogP contribution is 2.30. The lowest BCUT2D eigenvalue weighted by molar-refractivity contribution is -0.117. The minimum absolute atomic E-state index is 0.181. The van der Waals surface area contributed by atoms with Gasteiger partial charge in [0.15, 0.2) is 0 Å². The topological polar surface area (TPSA) is 76.5 Å². The number of aryl methyl sites for hydroxylation is 1. The number of benzene rings is 2. The molecule has 4 rings (SSSR count). The van der Waals surface area contributed by atoms with E-state index in [1.807, 2.05) is 25.1 Å². The van der Waals surface area contributed by atoms with Crippen molar-refractivity contribution in [3.05, 3.63) is 63.5 Å². The summed E-state index contributed by atoms with van der Waals surface area (Å²) >= 11 is 6.15. The number of halogens is 1. The smallest absolute Gasteiger partial charge is 0.275 e. The fourth-order valence-corrected chi connectivity index (χ4v) is 3.70. The summed E-state index contributed by atoms with van der Waals surface area (Å²) in [5, 5.41) is 9.05. The number of anilines is 2. The first-order valence-corrected chi connectivity index (χ1v) is 9.79. The standard InChI is InChI=1S/C21H21ClN4O3/c1-14-16-4-2-3-5-17(16)21(28)26(24-14)13-20(27)23-18-12-15(22)6-7-19(18)25-8-10-29-11-9-25/h2-7,12H,8-11,13H2,1H3,(H,23,27). The van der Waals surface area contributed by atoms with Crippen molar-refractivity contribution in [2.75, 3.05) is 36.5 Å². The maximum Gasteiger partial charge on any atom is 0.275 e. The van der Waals surface area contributed by atoms with Gasteiger partial charge < -0.3 is 15.0 Å². The van der Waals surface area contributed by atoms with E-state index in [2.05, 4.69) is 15.3 Å². The van der Waals surface area contributed by atoms with Crippen molar-refractivity contribution in [3.8, 4) is 0 Å². The summed E-state index contributed by atoms with van der Waals surface area (Å²) in [5.74, 6) is -0.342. The van der Waals surface area contributed by atoms with Crippen LogP contribution in [-0.2, 0) is 16.1 Å². The van der Waals surface area contributed by atoms with E-state index in [1.165, 1.54) is 4.68 Å². The number of morpholine rings is 1. The van der Waals surface area contributed by atoms with Crippen LogP contribution in [0.3, 0.4) is 0 Å². The van der Waals surface area contributed by atoms with Crippen molar-refractivity contribution >= 4 is 39.7 Å². The largest absolute Gasteiger partial charge is 0.378 e. The molecular formula is C21H21ClN4O3. The van der Waals surface area contributed by atoms with Crippen LogP contribution in [0.2, 0.25) is 5.02 Å². The average molecular weight is 413 g/mol. The monoisotopic (exact) mass is 412 g/mol. The van der Waals surface area contributed by atoms with Gasteiger partial charge in [-0.2, -0.15) is 5.10 Å². The second kappa shape index (κ2) is 8.23. The Morgan fingerprint density at radius 1 is 1.17 bits per heavy atom. The zero-order valence-electron chi connectivity index (χ0n) is 16.0. The molecule has 1 N–H and O–H groups in total. The van der Waals surface area contributed by atoms with Gasteiger partial charge >= 0.3 is 0 Å². The summed E-state index contributed by atoms with van der Waals surface area (Å²) in [5.41, 5.74) is 1.89. The second-order valence-electron chi connectivity index (χ2n) is 6.90. The summed E-state index contributed by atoms with van der Waals surface area (Å²) in [4.78, 5) is 27.6. The molecule has 8 heteroatoms. The van der Waals surface area contributed by atoms with Gasteiger partial charge in [0.05, 0.1) is 35.7 Å². The predicted octanol–water partition coefficient (Wildman–Crippen LogP) is 2.83.